The van der Waals surface area contributed by atoms with E-state index in [1.807, 2.05) is 0 Å². The van der Waals surface area contributed by atoms with Crippen molar-refractivity contribution >= 4 is 17.9 Å². The number of carbonyl (C=O) groups is 3. The van der Waals surface area contributed by atoms with Crippen molar-refractivity contribution < 1.29 is 23.9 Å². The zero-order chi connectivity index (χ0) is 15.9. The van der Waals surface area contributed by atoms with Crippen LogP contribution in [0.1, 0.15) is 18.6 Å². The number of nitrogens with one attached hydrogen (secondary N) is 2. The summed E-state index contributed by atoms with van der Waals surface area (Å²) in [6.07, 6.45) is 2.75. The molecular weight excluding hydrogens is 290 g/mol. The van der Waals surface area contributed by atoms with Crippen LogP contribution in [-0.4, -0.2) is 47.5 Å². The summed E-state index contributed by atoms with van der Waals surface area (Å²) in [7, 11) is 0. The number of hydrogen-bond acceptors (Lipinski definition) is 4. The number of hydrogen-bond donors (Lipinski definition) is 3. The van der Waals surface area contributed by atoms with Gasteiger partial charge in [0.05, 0.1) is 25.3 Å². The van der Waals surface area contributed by atoms with Crippen molar-refractivity contribution in [3.05, 3.63) is 24.2 Å². The molecule has 0 aromatic carbocycles. The van der Waals surface area contributed by atoms with E-state index in [-0.39, 0.29) is 25.5 Å². The third kappa shape index (κ3) is 4.51. The van der Waals surface area contributed by atoms with Crippen LogP contribution >= 0.6 is 0 Å². The SMILES string of the molecule is O=C(NCC(=O)N1CCC[C@H](C(=O)O)C1)NCc1ccco1. The van der Waals surface area contributed by atoms with Gasteiger partial charge in [-0.3, -0.25) is 9.59 Å². The fourth-order valence-electron chi connectivity index (χ4n) is 2.32. The van der Waals surface area contributed by atoms with Gasteiger partial charge < -0.3 is 25.1 Å². The van der Waals surface area contributed by atoms with Crippen molar-refractivity contribution in [3.63, 3.8) is 0 Å². The molecule has 1 aliphatic heterocycles. The molecule has 1 aromatic rings. The Morgan fingerprint density at radius 2 is 2.18 bits per heavy atom. The van der Waals surface area contributed by atoms with E-state index in [1.54, 1.807) is 12.1 Å². The van der Waals surface area contributed by atoms with Crippen LogP contribution in [0.5, 0.6) is 0 Å². The minimum Gasteiger partial charge on any atom is -0.481 e. The van der Waals surface area contributed by atoms with Crippen molar-refractivity contribution in [3.8, 4) is 0 Å². The fourth-order valence-corrected chi connectivity index (χ4v) is 2.32. The lowest BCUT2D eigenvalue weighted by Gasteiger charge is -2.30. The van der Waals surface area contributed by atoms with Crippen LogP contribution < -0.4 is 10.6 Å². The molecule has 8 heteroatoms. The van der Waals surface area contributed by atoms with Gasteiger partial charge in [-0.15, -0.1) is 0 Å². The lowest BCUT2D eigenvalue weighted by molar-refractivity contribution is -0.145. The number of amides is 3. The third-order valence-corrected chi connectivity index (χ3v) is 3.53. The molecule has 8 nitrogen and oxygen atoms in total. The van der Waals surface area contributed by atoms with Crippen LogP contribution in [0.3, 0.4) is 0 Å². The number of urea groups is 1. The van der Waals surface area contributed by atoms with E-state index in [2.05, 4.69) is 10.6 Å². The number of furan rings is 1. The molecule has 1 aliphatic rings. The van der Waals surface area contributed by atoms with Crippen LogP contribution in [0.15, 0.2) is 22.8 Å². The summed E-state index contributed by atoms with van der Waals surface area (Å²) in [5, 5.41) is 14.0. The number of rotatable bonds is 5. The molecule has 3 amide bonds. The first-order valence-corrected chi connectivity index (χ1v) is 7.11. The number of aliphatic carboxylic acids is 1. The topological polar surface area (TPSA) is 112 Å². The first kappa shape index (κ1) is 15.9. The van der Waals surface area contributed by atoms with Crippen LogP contribution in [0.25, 0.3) is 0 Å². The Hall–Kier alpha value is -2.51. The molecule has 0 unspecified atom stereocenters. The van der Waals surface area contributed by atoms with Crippen molar-refractivity contribution in [1.29, 1.82) is 0 Å². The van der Waals surface area contributed by atoms with E-state index >= 15 is 0 Å². The van der Waals surface area contributed by atoms with Gasteiger partial charge in [0.2, 0.25) is 5.91 Å². The molecule has 2 heterocycles. The van der Waals surface area contributed by atoms with E-state index in [4.69, 9.17) is 9.52 Å². The fraction of sp³-hybridized carbons (Fsp3) is 0.500. The van der Waals surface area contributed by atoms with Gasteiger partial charge in [-0.1, -0.05) is 0 Å². The Kier molecular flexibility index (Phi) is 5.40. The van der Waals surface area contributed by atoms with Crippen molar-refractivity contribution in [2.45, 2.75) is 19.4 Å². The first-order valence-electron chi connectivity index (χ1n) is 7.11. The number of carbonyl (C=O) groups excluding carboxylic acids is 2. The average molecular weight is 309 g/mol. The molecule has 22 heavy (non-hydrogen) atoms. The Bertz CT molecular complexity index is 529. The molecular formula is C14H19N3O5. The predicted molar refractivity (Wildman–Crippen MR) is 75.9 cm³/mol. The van der Waals surface area contributed by atoms with Crippen LogP contribution in [0.4, 0.5) is 4.79 Å². The van der Waals surface area contributed by atoms with E-state index in [9.17, 15) is 14.4 Å². The zero-order valence-electron chi connectivity index (χ0n) is 12.1. The largest absolute Gasteiger partial charge is 0.481 e. The predicted octanol–water partition coefficient (Wildman–Crippen LogP) is 0.402. The number of nitrogens with zero attached hydrogens (tertiary/aromatic N) is 1. The van der Waals surface area contributed by atoms with Gasteiger partial charge >= 0.3 is 12.0 Å². The van der Waals surface area contributed by atoms with Gasteiger partial charge in [0.1, 0.15) is 5.76 Å². The Labute approximate surface area is 127 Å². The summed E-state index contributed by atoms with van der Waals surface area (Å²) in [6.45, 7) is 0.802. The normalized spacial score (nSPS) is 17.8. The maximum Gasteiger partial charge on any atom is 0.315 e. The van der Waals surface area contributed by atoms with Gasteiger partial charge in [0.25, 0.3) is 0 Å². The van der Waals surface area contributed by atoms with E-state index in [1.165, 1.54) is 11.2 Å². The molecule has 0 radical (unpaired) electrons. The molecule has 0 spiro atoms. The molecule has 1 atom stereocenters. The maximum atomic E-state index is 12.0. The quantitative estimate of drug-likeness (QED) is 0.729. The van der Waals surface area contributed by atoms with Gasteiger partial charge in [0.15, 0.2) is 0 Å². The summed E-state index contributed by atoms with van der Waals surface area (Å²) < 4.78 is 5.07. The Morgan fingerprint density at radius 3 is 2.86 bits per heavy atom. The minimum atomic E-state index is -0.887. The highest BCUT2D eigenvalue weighted by atomic mass is 16.4. The molecule has 120 valence electrons. The summed E-state index contributed by atoms with van der Waals surface area (Å²) >= 11 is 0. The standard InChI is InChI=1S/C14H19N3O5/c18-12(17-5-1-3-10(9-17)13(19)20)8-16-14(21)15-7-11-4-2-6-22-11/h2,4,6,10H,1,3,5,7-9H2,(H,19,20)(H2,15,16,21)/t10-/m0/s1. The molecule has 1 fully saturated rings. The molecule has 0 bridgehead atoms. The van der Waals surface area contributed by atoms with Crippen molar-refractivity contribution in [1.82, 2.24) is 15.5 Å². The van der Waals surface area contributed by atoms with Crippen molar-refractivity contribution in [2.24, 2.45) is 5.92 Å². The van der Waals surface area contributed by atoms with Crippen molar-refractivity contribution in [2.75, 3.05) is 19.6 Å². The molecule has 2 rings (SSSR count). The average Bonchev–Trinajstić information content (AvgIpc) is 3.04. The smallest absolute Gasteiger partial charge is 0.315 e. The van der Waals surface area contributed by atoms with Crippen LogP contribution in [0.2, 0.25) is 0 Å². The van der Waals surface area contributed by atoms with Crippen LogP contribution in [-0.2, 0) is 16.1 Å². The van der Waals surface area contributed by atoms with Gasteiger partial charge in [-0.2, -0.15) is 0 Å². The molecule has 1 aromatic heterocycles. The first-order chi connectivity index (χ1) is 10.6. The highest BCUT2D eigenvalue weighted by Gasteiger charge is 2.27. The van der Waals surface area contributed by atoms with Crippen LogP contribution in [0, 0.1) is 5.92 Å². The maximum absolute atomic E-state index is 12.0. The number of likely N-dealkylation sites (tertiary alicyclic amines) is 1. The highest BCUT2D eigenvalue weighted by Crippen LogP contribution is 2.16. The summed E-state index contributed by atoms with van der Waals surface area (Å²) in [6, 6.07) is 2.97. The third-order valence-electron chi connectivity index (χ3n) is 3.53. The van der Waals surface area contributed by atoms with E-state index < -0.39 is 17.9 Å². The van der Waals surface area contributed by atoms with E-state index in [0.29, 0.717) is 25.1 Å². The zero-order valence-corrected chi connectivity index (χ0v) is 12.1. The van der Waals surface area contributed by atoms with Gasteiger partial charge in [0, 0.05) is 13.1 Å². The van der Waals surface area contributed by atoms with Gasteiger partial charge in [-0.05, 0) is 25.0 Å². The molecule has 3 N–H and O–H groups in total. The Morgan fingerprint density at radius 1 is 1.36 bits per heavy atom. The second-order valence-electron chi connectivity index (χ2n) is 5.13. The monoisotopic (exact) mass is 309 g/mol. The molecule has 0 aliphatic carbocycles. The lowest BCUT2D eigenvalue weighted by Crippen LogP contribution is -2.47. The Balaban J connectivity index is 1.70. The number of piperidine rings is 1. The summed E-state index contributed by atoms with van der Waals surface area (Å²) in [5.41, 5.74) is 0. The van der Waals surface area contributed by atoms with E-state index in [0.717, 1.165) is 0 Å². The molecule has 1 saturated heterocycles. The molecule has 0 saturated carbocycles. The summed E-state index contributed by atoms with van der Waals surface area (Å²) in [5.74, 6) is -1.08. The second-order valence-corrected chi connectivity index (χ2v) is 5.13. The lowest BCUT2D eigenvalue weighted by atomic mass is 9.98. The summed E-state index contributed by atoms with van der Waals surface area (Å²) in [4.78, 5) is 36.0. The number of carboxylic acid groups (broad SMARTS) is 1. The minimum absolute atomic E-state index is 0.156. The highest BCUT2D eigenvalue weighted by molar-refractivity contribution is 5.84. The second kappa shape index (κ2) is 7.48. The number of carboxylic acids is 1. The van der Waals surface area contributed by atoms with Gasteiger partial charge in [-0.25, -0.2) is 4.79 Å².